The van der Waals surface area contributed by atoms with Gasteiger partial charge in [-0.05, 0) is 37.6 Å². The number of hydrogen-bond acceptors (Lipinski definition) is 3. The molecule has 0 aliphatic rings. The topological polar surface area (TPSA) is 64.3 Å². The summed E-state index contributed by atoms with van der Waals surface area (Å²) in [4.78, 5) is 12.5. The average molecular weight is 232 g/mol. The minimum Gasteiger partial charge on any atom is -0.481 e. The molecule has 4 nitrogen and oxygen atoms in total. The predicted octanol–water partition coefficient (Wildman–Crippen LogP) is 2.25. The standard InChI is InChI=1S/C13H16N2O2/c1-10(3-8-13(16)17)15(2)12-6-4-11(9-14)5-7-12/h4-7,10H,3,8H2,1-2H3,(H,16,17). The van der Waals surface area contributed by atoms with Crippen LogP contribution in [0, 0.1) is 11.3 Å². The van der Waals surface area contributed by atoms with Crippen molar-refractivity contribution in [2.24, 2.45) is 0 Å². The third-order valence-corrected chi connectivity index (χ3v) is 2.84. The summed E-state index contributed by atoms with van der Waals surface area (Å²) >= 11 is 0. The fraction of sp³-hybridized carbons (Fsp3) is 0.385. The van der Waals surface area contributed by atoms with Crippen LogP contribution in [-0.2, 0) is 4.79 Å². The van der Waals surface area contributed by atoms with E-state index in [-0.39, 0.29) is 12.5 Å². The second kappa shape index (κ2) is 5.90. The molecule has 1 aromatic carbocycles. The fourth-order valence-electron chi connectivity index (χ4n) is 1.55. The number of anilines is 1. The number of hydrogen-bond donors (Lipinski definition) is 1. The van der Waals surface area contributed by atoms with Gasteiger partial charge in [-0.25, -0.2) is 0 Å². The second-order valence-electron chi connectivity index (χ2n) is 4.05. The molecule has 1 aromatic rings. The molecule has 0 radical (unpaired) electrons. The maximum absolute atomic E-state index is 10.5. The molecule has 4 heteroatoms. The summed E-state index contributed by atoms with van der Waals surface area (Å²) in [6.45, 7) is 1.99. The van der Waals surface area contributed by atoms with E-state index in [1.165, 1.54) is 0 Å². The lowest BCUT2D eigenvalue weighted by atomic mass is 10.1. The van der Waals surface area contributed by atoms with E-state index in [1.807, 2.05) is 31.0 Å². The molecule has 1 N–H and O–H groups in total. The van der Waals surface area contributed by atoms with Crippen LogP contribution in [0.2, 0.25) is 0 Å². The van der Waals surface area contributed by atoms with E-state index in [2.05, 4.69) is 6.07 Å². The number of benzene rings is 1. The summed E-state index contributed by atoms with van der Waals surface area (Å²) in [5, 5.41) is 17.3. The molecule has 0 aliphatic heterocycles. The molecule has 0 fully saturated rings. The summed E-state index contributed by atoms with van der Waals surface area (Å²) in [5.41, 5.74) is 1.61. The van der Waals surface area contributed by atoms with Crippen molar-refractivity contribution in [3.8, 4) is 6.07 Å². The van der Waals surface area contributed by atoms with Crippen molar-refractivity contribution < 1.29 is 9.90 Å². The van der Waals surface area contributed by atoms with Gasteiger partial charge in [-0.1, -0.05) is 0 Å². The zero-order valence-electron chi connectivity index (χ0n) is 10.1. The minimum absolute atomic E-state index is 0.152. The van der Waals surface area contributed by atoms with Crippen molar-refractivity contribution in [2.75, 3.05) is 11.9 Å². The minimum atomic E-state index is -0.773. The molecule has 0 aromatic heterocycles. The first-order valence-electron chi connectivity index (χ1n) is 5.49. The Morgan fingerprint density at radius 1 is 1.47 bits per heavy atom. The number of aliphatic carboxylic acids is 1. The smallest absolute Gasteiger partial charge is 0.303 e. The van der Waals surface area contributed by atoms with Gasteiger partial charge in [0.1, 0.15) is 0 Å². The third-order valence-electron chi connectivity index (χ3n) is 2.84. The van der Waals surface area contributed by atoms with Crippen LogP contribution in [0.3, 0.4) is 0 Å². The van der Waals surface area contributed by atoms with Crippen molar-refractivity contribution in [3.05, 3.63) is 29.8 Å². The average Bonchev–Trinajstić information content (AvgIpc) is 2.35. The van der Waals surface area contributed by atoms with E-state index in [4.69, 9.17) is 10.4 Å². The van der Waals surface area contributed by atoms with Crippen LogP contribution in [0.5, 0.6) is 0 Å². The van der Waals surface area contributed by atoms with E-state index in [1.54, 1.807) is 12.1 Å². The summed E-state index contributed by atoms with van der Waals surface area (Å²) in [7, 11) is 1.92. The van der Waals surface area contributed by atoms with E-state index in [9.17, 15) is 4.79 Å². The maximum atomic E-state index is 10.5. The van der Waals surface area contributed by atoms with Gasteiger partial charge in [0.05, 0.1) is 11.6 Å². The van der Waals surface area contributed by atoms with Crippen LogP contribution in [-0.4, -0.2) is 24.2 Å². The lowest BCUT2D eigenvalue weighted by molar-refractivity contribution is -0.137. The van der Waals surface area contributed by atoms with Crippen LogP contribution in [0.1, 0.15) is 25.3 Å². The lowest BCUT2D eigenvalue weighted by Crippen LogP contribution is -2.29. The maximum Gasteiger partial charge on any atom is 0.303 e. The fourth-order valence-corrected chi connectivity index (χ4v) is 1.55. The van der Waals surface area contributed by atoms with Crippen LogP contribution < -0.4 is 4.90 Å². The van der Waals surface area contributed by atoms with Gasteiger partial charge >= 0.3 is 5.97 Å². The van der Waals surface area contributed by atoms with E-state index < -0.39 is 5.97 Å². The van der Waals surface area contributed by atoms with Gasteiger partial charge in [-0.3, -0.25) is 4.79 Å². The molecule has 90 valence electrons. The molecule has 0 spiro atoms. The van der Waals surface area contributed by atoms with Crippen molar-refractivity contribution in [3.63, 3.8) is 0 Å². The van der Waals surface area contributed by atoms with E-state index in [0.29, 0.717) is 12.0 Å². The summed E-state index contributed by atoms with van der Waals surface area (Å²) in [6.07, 6.45) is 0.771. The lowest BCUT2D eigenvalue weighted by Gasteiger charge is -2.26. The molecule has 1 unspecified atom stereocenters. The van der Waals surface area contributed by atoms with Crippen LogP contribution >= 0.6 is 0 Å². The second-order valence-corrected chi connectivity index (χ2v) is 4.05. The molecule has 1 atom stereocenters. The molecule has 0 bridgehead atoms. The molecule has 0 heterocycles. The highest BCUT2D eigenvalue weighted by atomic mass is 16.4. The van der Waals surface area contributed by atoms with Gasteiger partial charge < -0.3 is 10.0 Å². The number of carboxylic acids is 1. The van der Waals surface area contributed by atoms with Crippen molar-refractivity contribution >= 4 is 11.7 Å². The van der Waals surface area contributed by atoms with Gasteiger partial charge in [0.2, 0.25) is 0 Å². The summed E-state index contributed by atoms with van der Waals surface area (Å²) in [6, 6.07) is 9.48. The first kappa shape index (κ1) is 13.0. The number of rotatable bonds is 5. The predicted molar refractivity (Wildman–Crippen MR) is 65.9 cm³/mol. The number of carbonyl (C=O) groups is 1. The van der Waals surface area contributed by atoms with Gasteiger partial charge in [0, 0.05) is 25.2 Å². The van der Waals surface area contributed by atoms with Gasteiger partial charge in [-0.15, -0.1) is 0 Å². The molecular weight excluding hydrogens is 216 g/mol. The number of nitriles is 1. The Balaban J connectivity index is 2.64. The van der Waals surface area contributed by atoms with Crippen LogP contribution in [0.25, 0.3) is 0 Å². The zero-order chi connectivity index (χ0) is 12.8. The third kappa shape index (κ3) is 3.80. The number of carboxylic acid groups (broad SMARTS) is 1. The van der Waals surface area contributed by atoms with Crippen LogP contribution in [0.4, 0.5) is 5.69 Å². The van der Waals surface area contributed by atoms with Crippen LogP contribution in [0.15, 0.2) is 24.3 Å². The van der Waals surface area contributed by atoms with E-state index >= 15 is 0 Å². The molecule has 0 saturated carbocycles. The first-order valence-corrected chi connectivity index (χ1v) is 5.49. The van der Waals surface area contributed by atoms with Gasteiger partial charge in [0.15, 0.2) is 0 Å². The highest BCUT2D eigenvalue weighted by molar-refractivity contribution is 5.66. The Morgan fingerprint density at radius 3 is 2.53 bits per heavy atom. The summed E-state index contributed by atoms with van der Waals surface area (Å²) in [5.74, 6) is -0.773. The van der Waals surface area contributed by atoms with Gasteiger partial charge in [0.25, 0.3) is 0 Å². The largest absolute Gasteiger partial charge is 0.481 e. The quantitative estimate of drug-likeness (QED) is 0.845. The molecule has 1 rings (SSSR count). The zero-order valence-corrected chi connectivity index (χ0v) is 10.1. The number of nitrogens with zero attached hydrogens (tertiary/aromatic N) is 2. The molecule has 17 heavy (non-hydrogen) atoms. The van der Waals surface area contributed by atoms with Gasteiger partial charge in [-0.2, -0.15) is 5.26 Å². The molecule has 0 saturated heterocycles. The van der Waals surface area contributed by atoms with Crippen molar-refractivity contribution in [2.45, 2.75) is 25.8 Å². The highest BCUT2D eigenvalue weighted by Crippen LogP contribution is 2.17. The Bertz CT molecular complexity index is 420. The molecule has 0 aliphatic carbocycles. The Hall–Kier alpha value is -2.02. The van der Waals surface area contributed by atoms with Crippen molar-refractivity contribution in [1.82, 2.24) is 0 Å². The van der Waals surface area contributed by atoms with E-state index in [0.717, 1.165) is 5.69 Å². The highest BCUT2D eigenvalue weighted by Gasteiger charge is 2.11. The Labute approximate surface area is 101 Å². The SMILES string of the molecule is CC(CCC(=O)O)N(C)c1ccc(C#N)cc1. The molecular formula is C13H16N2O2. The molecule has 0 amide bonds. The summed E-state index contributed by atoms with van der Waals surface area (Å²) < 4.78 is 0. The Kier molecular flexibility index (Phi) is 4.53. The first-order chi connectivity index (χ1) is 8.04. The Morgan fingerprint density at radius 2 is 2.06 bits per heavy atom. The normalized spacial score (nSPS) is 11.6. The van der Waals surface area contributed by atoms with Crippen molar-refractivity contribution in [1.29, 1.82) is 5.26 Å². The monoisotopic (exact) mass is 232 g/mol.